The third-order valence-corrected chi connectivity index (χ3v) is 5.95. The summed E-state index contributed by atoms with van der Waals surface area (Å²) in [7, 11) is 1.57. The zero-order chi connectivity index (χ0) is 22.2. The number of aromatic nitrogens is 2. The summed E-state index contributed by atoms with van der Waals surface area (Å²) in [5.41, 5.74) is 2.08. The molecule has 1 saturated heterocycles. The number of nitrogens with one attached hydrogen (secondary N) is 2. The largest absolute Gasteiger partial charge is 0.463 e. The summed E-state index contributed by atoms with van der Waals surface area (Å²) >= 11 is 0. The number of halogens is 1. The number of nitrogens with zero attached hydrogens (tertiary/aromatic N) is 3. The second-order valence-electron chi connectivity index (χ2n) is 7.82. The summed E-state index contributed by atoms with van der Waals surface area (Å²) in [4.78, 5) is 35.1. The Kier molecular flexibility index (Phi) is 5.10. The molecule has 32 heavy (non-hydrogen) atoms. The molecule has 4 heterocycles. The van der Waals surface area contributed by atoms with Gasteiger partial charge < -0.3 is 19.6 Å². The molecular weight excluding hydrogens is 413 g/mol. The van der Waals surface area contributed by atoms with Crippen molar-refractivity contribution in [2.24, 2.45) is 0 Å². The zero-order valence-corrected chi connectivity index (χ0v) is 17.5. The number of H-pyrrole nitrogens is 1. The van der Waals surface area contributed by atoms with Crippen LogP contribution in [0.2, 0.25) is 0 Å². The van der Waals surface area contributed by atoms with Gasteiger partial charge in [-0.2, -0.15) is 0 Å². The van der Waals surface area contributed by atoms with Crippen molar-refractivity contribution in [2.45, 2.75) is 6.54 Å². The van der Waals surface area contributed by atoms with Crippen molar-refractivity contribution in [3.63, 3.8) is 0 Å². The van der Waals surface area contributed by atoms with Crippen molar-refractivity contribution in [3.8, 4) is 0 Å². The molecule has 0 spiro atoms. The van der Waals surface area contributed by atoms with Gasteiger partial charge in [-0.15, -0.1) is 0 Å². The Morgan fingerprint density at radius 2 is 1.97 bits per heavy atom. The highest BCUT2D eigenvalue weighted by molar-refractivity contribution is 6.02. The van der Waals surface area contributed by atoms with Gasteiger partial charge in [0.25, 0.3) is 11.5 Å². The Balaban J connectivity index is 1.30. The Labute approximate surface area is 182 Å². The van der Waals surface area contributed by atoms with E-state index in [0.29, 0.717) is 34.2 Å². The van der Waals surface area contributed by atoms with E-state index < -0.39 is 5.82 Å². The Bertz CT molecular complexity index is 1350. The van der Waals surface area contributed by atoms with Crippen LogP contribution in [-0.4, -0.2) is 54.0 Å². The molecule has 2 N–H and O–H groups in total. The van der Waals surface area contributed by atoms with Crippen LogP contribution in [0.3, 0.4) is 0 Å². The molecule has 0 aliphatic carbocycles. The third kappa shape index (κ3) is 3.50. The summed E-state index contributed by atoms with van der Waals surface area (Å²) in [6.45, 7) is 3.48. The molecule has 1 fully saturated rings. The van der Waals surface area contributed by atoms with Crippen LogP contribution in [-0.2, 0) is 6.54 Å². The number of anilines is 1. The number of hydrogen-bond acceptors (Lipinski definition) is 6. The lowest BCUT2D eigenvalue weighted by molar-refractivity contribution is 0.0958. The molecule has 8 nitrogen and oxygen atoms in total. The van der Waals surface area contributed by atoms with E-state index in [-0.39, 0.29) is 17.0 Å². The molecule has 5 rings (SSSR count). The average Bonchev–Trinajstić information content (AvgIpc) is 3.32. The molecule has 9 heteroatoms. The number of amides is 1. The summed E-state index contributed by atoms with van der Waals surface area (Å²) in [5.74, 6) is -0.637. The van der Waals surface area contributed by atoms with E-state index in [1.54, 1.807) is 37.5 Å². The van der Waals surface area contributed by atoms with E-state index in [2.05, 4.69) is 25.1 Å². The first kappa shape index (κ1) is 20.2. The molecular formula is C23H22FN5O3. The first-order valence-corrected chi connectivity index (χ1v) is 10.4. The minimum Gasteiger partial charge on any atom is -0.463 e. The highest BCUT2D eigenvalue weighted by atomic mass is 19.1. The molecule has 0 atom stereocenters. The van der Waals surface area contributed by atoms with Crippen molar-refractivity contribution in [1.82, 2.24) is 20.2 Å². The molecule has 164 valence electrons. The first-order chi connectivity index (χ1) is 15.5. The van der Waals surface area contributed by atoms with Crippen LogP contribution >= 0.6 is 0 Å². The number of fused-ring (bicyclic) bond motifs is 3. The fourth-order valence-electron chi connectivity index (χ4n) is 4.17. The Hall–Kier alpha value is -3.72. The smallest absolute Gasteiger partial charge is 0.269 e. The van der Waals surface area contributed by atoms with Gasteiger partial charge in [-0.25, -0.2) is 9.37 Å². The minimum atomic E-state index is -0.422. The number of rotatable bonds is 4. The molecule has 3 aromatic heterocycles. The Morgan fingerprint density at radius 1 is 1.16 bits per heavy atom. The lowest BCUT2D eigenvalue weighted by atomic mass is 10.1. The van der Waals surface area contributed by atoms with Crippen molar-refractivity contribution < 1.29 is 13.6 Å². The number of carbonyl (C=O) groups is 1. The maximum atomic E-state index is 15.2. The average molecular weight is 435 g/mol. The number of benzene rings is 1. The normalized spacial score (nSPS) is 14.9. The predicted molar refractivity (Wildman–Crippen MR) is 119 cm³/mol. The number of pyridine rings is 2. The lowest BCUT2D eigenvalue weighted by Crippen LogP contribution is -2.46. The van der Waals surface area contributed by atoms with Crippen LogP contribution in [0.5, 0.6) is 0 Å². The van der Waals surface area contributed by atoms with Crippen molar-refractivity contribution in [2.75, 3.05) is 38.1 Å². The quantitative estimate of drug-likeness (QED) is 0.512. The number of hydrogen-bond donors (Lipinski definition) is 2. The monoisotopic (exact) mass is 435 g/mol. The van der Waals surface area contributed by atoms with Gasteiger partial charge in [0.1, 0.15) is 11.3 Å². The fraction of sp³-hybridized carbons (Fsp3) is 0.261. The maximum Gasteiger partial charge on any atom is 0.269 e. The first-order valence-electron chi connectivity index (χ1n) is 10.4. The minimum absolute atomic E-state index is 0.177. The molecule has 0 saturated carbocycles. The molecule has 0 bridgehead atoms. The van der Waals surface area contributed by atoms with Gasteiger partial charge in [-0.1, -0.05) is 6.07 Å². The third-order valence-electron chi connectivity index (χ3n) is 5.95. The van der Waals surface area contributed by atoms with E-state index in [4.69, 9.17) is 4.42 Å². The molecule has 0 unspecified atom stereocenters. The van der Waals surface area contributed by atoms with Gasteiger partial charge in [-0.3, -0.25) is 14.5 Å². The van der Waals surface area contributed by atoms with Gasteiger partial charge in [0.05, 0.1) is 29.1 Å². The summed E-state index contributed by atoms with van der Waals surface area (Å²) < 4.78 is 20.6. The van der Waals surface area contributed by atoms with Crippen LogP contribution in [0.25, 0.3) is 21.9 Å². The van der Waals surface area contributed by atoms with Crippen LogP contribution in [0.4, 0.5) is 10.1 Å². The van der Waals surface area contributed by atoms with Gasteiger partial charge in [-0.05, 0) is 24.3 Å². The zero-order valence-electron chi connectivity index (χ0n) is 17.5. The van der Waals surface area contributed by atoms with Crippen molar-refractivity contribution >= 4 is 33.5 Å². The SMILES string of the molecule is CNC(=O)c1ccc(N2CCN(Cc3ccc4c([nH]c(=O)c5ccoc54)c3F)CC2)cn1. The molecule has 1 amide bonds. The van der Waals surface area contributed by atoms with Crippen molar-refractivity contribution in [1.29, 1.82) is 0 Å². The number of piperazine rings is 1. The highest BCUT2D eigenvalue weighted by Gasteiger charge is 2.21. The maximum absolute atomic E-state index is 15.2. The summed E-state index contributed by atoms with van der Waals surface area (Å²) in [6, 6.07) is 8.74. The van der Waals surface area contributed by atoms with Gasteiger partial charge >= 0.3 is 0 Å². The van der Waals surface area contributed by atoms with E-state index in [0.717, 1.165) is 31.9 Å². The van der Waals surface area contributed by atoms with E-state index >= 15 is 4.39 Å². The Morgan fingerprint density at radius 3 is 2.69 bits per heavy atom. The van der Waals surface area contributed by atoms with Crippen molar-refractivity contribution in [3.05, 3.63) is 70.2 Å². The summed E-state index contributed by atoms with van der Waals surface area (Å²) in [6.07, 6.45) is 3.14. The van der Waals surface area contributed by atoms with Crippen LogP contribution in [0.1, 0.15) is 16.1 Å². The van der Waals surface area contributed by atoms with Crippen LogP contribution in [0, 0.1) is 5.82 Å². The number of carbonyl (C=O) groups excluding carboxylic acids is 1. The fourth-order valence-corrected chi connectivity index (χ4v) is 4.17. The van der Waals surface area contributed by atoms with Gasteiger partial charge in [0.15, 0.2) is 5.82 Å². The molecule has 4 aromatic rings. The standard InChI is InChI=1S/C23H22FN5O3/c1-25-23(31)18-5-3-15(12-26-18)29-9-7-28(8-10-29)13-14-2-4-16-20(19(14)24)27-22(30)17-6-11-32-21(16)17/h2-6,11-12H,7-10,13H2,1H3,(H,25,31)(H,27,30). The molecule has 1 aliphatic rings. The molecule has 0 radical (unpaired) electrons. The number of aromatic amines is 1. The predicted octanol–water partition coefficient (Wildman–Crippen LogP) is 2.49. The highest BCUT2D eigenvalue weighted by Crippen LogP contribution is 2.26. The lowest BCUT2D eigenvalue weighted by Gasteiger charge is -2.36. The molecule has 1 aromatic carbocycles. The van der Waals surface area contributed by atoms with E-state index in [1.807, 2.05) is 6.07 Å². The van der Waals surface area contributed by atoms with E-state index in [1.165, 1.54) is 6.26 Å². The molecule has 1 aliphatic heterocycles. The van der Waals surface area contributed by atoms with Gasteiger partial charge in [0.2, 0.25) is 0 Å². The topological polar surface area (TPSA) is 94.5 Å². The van der Waals surface area contributed by atoms with Gasteiger partial charge in [0, 0.05) is 50.7 Å². The van der Waals surface area contributed by atoms with Crippen LogP contribution in [0.15, 0.2) is 52.0 Å². The second-order valence-corrected chi connectivity index (χ2v) is 7.82. The van der Waals surface area contributed by atoms with E-state index in [9.17, 15) is 9.59 Å². The second kappa shape index (κ2) is 8.08. The number of furan rings is 1. The summed E-state index contributed by atoms with van der Waals surface area (Å²) in [5, 5.41) is 3.53. The van der Waals surface area contributed by atoms with Crippen LogP contribution < -0.4 is 15.8 Å².